The number of anilines is 1. The summed E-state index contributed by atoms with van der Waals surface area (Å²) in [4.78, 5) is 12.5. The van der Waals surface area contributed by atoms with E-state index in [2.05, 4.69) is 15.5 Å². The van der Waals surface area contributed by atoms with Gasteiger partial charge >= 0.3 is 6.18 Å². The topological polar surface area (TPSA) is 59.8 Å². The number of amides is 1. The zero-order chi connectivity index (χ0) is 25.2. The second kappa shape index (κ2) is 10.5. The Labute approximate surface area is 217 Å². The highest BCUT2D eigenvalue weighted by molar-refractivity contribution is 7.99. The number of nitrogens with one attached hydrogen (secondary N) is 1. The molecule has 0 aliphatic heterocycles. The van der Waals surface area contributed by atoms with E-state index >= 15 is 0 Å². The molecule has 0 fully saturated rings. The van der Waals surface area contributed by atoms with Crippen molar-refractivity contribution in [2.45, 2.75) is 11.3 Å². The van der Waals surface area contributed by atoms with Gasteiger partial charge in [-0.25, -0.2) is 0 Å². The number of halogens is 6. The van der Waals surface area contributed by atoms with Gasteiger partial charge in [0, 0.05) is 21.3 Å². The van der Waals surface area contributed by atoms with Crippen LogP contribution in [-0.2, 0) is 11.0 Å². The summed E-state index contributed by atoms with van der Waals surface area (Å²) in [5, 5.41) is 12.4. The minimum atomic E-state index is -4.56. The highest BCUT2D eigenvalue weighted by Crippen LogP contribution is 2.34. The number of carbonyl (C=O) groups is 1. The molecule has 4 aromatic rings. The predicted molar refractivity (Wildman–Crippen MR) is 133 cm³/mol. The van der Waals surface area contributed by atoms with Crippen LogP contribution < -0.4 is 5.32 Å². The second-order valence-electron chi connectivity index (χ2n) is 7.15. The van der Waals surface area contributed by atoms with Crippen LogP contribution >= 0.6 is 46.6 Å². The third-order valence-electron chi connectivity index (χ3n) is 4.72. The van der Waals surface area contributed by atoms with Gasteiger partial charge in [0.25, 0.3) is 0 Å². The van der Waals surface area contributed by atoms with E-state index < -0.39 is 17.6 Å². The molecule has 0 bridgehead atoms. The summed E-state index contributed by atoms with van der Waals surface area (Å²) in [7, 11) is 0. The Hall–Kier alpha value is -2.72. The van der Waals surface area contributed by atoms with E-state index in [0.29, 0.717) is 26.7 Å². The molecule has 180 valence electrons. The van der Waals surface area contributed by atoms with E-state index in [0.717, 1.165) is 35.5 Å². The van der Waals surface area contributed by atoms with Crippen LogP contribution in [0, 0.1) is 0 Å². The highest BCUT2D eigenvalue weighted by Gasteiger charge is 2.31. The standard InChI is InChI=1S/C23H14Cl3F3N4OS/c24-15-4-1-13(2-5-15)21-31-32-22(33(21)17-8-6-16(25)7-9-17)35-12-20(34)30-19-11-14(23(27,28)29)3-10-18(19)26/h1-11H,12H2,(H,30,34). The molecule has 0 aliphatic rings. The lowest BCUT2D eigenvalue weighted by Crippen LogP contribution is -2.16. The van der Waals surface area contributed by atoms with Gasteiger partial charge in [-0.2, -0.15) is 13.2 Å². The molecule has 1 heterocycles. The van der Waals surface area contributed by atoms with E-state index in [1.807, 2.05) is 0 Å². The zero-order valence-electron chi connectivity index (χ0n) is 17.5. The number of aromatic nitrogens is 3. The molecule has 0 saturated heterocycles. The SMILES string of the molecule is O=C(CSc1nnc(-c2ccc(Cl)cc2)n1-c1ccc(Cl)cc1)Nc1cc(C(F)(F)F)ccc1Cl. The van der Waals surface area contributed by atoms with Crippen molar-refractivity contribution < 1.29 is 18.0 Å². The lowest BCUT2D eigenvalue weighted by Gasteiger charge is -2.12. The average Bonchev–Trinajstić information content (AvgIpc) is 3.23. The number of carbonyl (C=O) groups excluding carboxylic acids is 1. The van der Waals surface area contributed by atoms with Crippen molar-refractivity contribution in [2.24, 2.45) is 0 Å². The number of hydrogen-bond donors (Lipinski definition) is 1. The van der Waals surface area contributed by atoms with Gasteiger partial charge in [-0.3, -0.25) is 9.36 Å². The maximum atomic E-state index is 13.0. The quantitative estimate of drug-likeness (QED) is 0.248. The Morgan fingerprint density at radius 3 is 2.17 bits per heavy atom. The summed E-state index contributed by atoms with van der Waals surface area (Å²) in [6.07, 6.45) is -4.56. The molecule has 4 rings (SSSR count). The second-order valence-corrected chi connectivity index (χ2v) is 9.38. The largest absolute Gasteiger partial charge is 0.416 e. The summed E-state index contributed by atoms with van der Waals surface area (Å²) >= 11 is 19.1. The van der Waals surface area contributed by atoms with Crippen LogP contribution in [-0.4, -0.2) is 26.4 Å². The summed E-state index contributed by atoms with van der Waals surface area (Å²) in [6, 6.07) is 16.7. The molecule has 0 radical (unpaired) electrons. The third kappa shape index (κ3) is 6.10. The molecule has 1 amide bonds. The van der Waals surface area contributed by atoms with Crippen molar-refractivity contribution in [3.63, 3.8) is 0 Å². The first-order valence-electron chi connectivity index (χ1n) is 9.88. The van der Waals surface area contributed by atoms with Crippen LogP contribution in [0.2, 0.25) is 15.1 Å². The van der Waals surface area contributed by atoms with Crippen LogP contribution in [0.3, 0.4) is 0 Å². The van der Waals surface area contributed by atoms with Crippen molar-refractivity contribution in [3.8, 4) is 17.1 Å². The van der Waals surface area contributed by atoms with Gasteiger partial charge < -0.3 is 5.32 Å². The number of benzene rings is 3. The Morgan fingerprint density at radius 2 is 1.54 bits per heavy atom. The molecule has 12 heteroatoms. The van der Waals surface area contributed by atoms with E-state index in [9.17, 15) is 18.0 Å². The molecule has 5 nitrogen and oxygen atoms in total. The van der Waals surface area contributed by atoms with E-state index in [4.69, 9.17) is 34.8 Å². The maximum Gasteiger partial charge on any atom is 0.416 e. The number of alkyl halides is 3. The number of hydrogen-bond acceptors (Lipinski definition) is 4. The smallest absolute Gasteiger partial charge is 0.324 e. The van der Waals surface area contributed by atoms with Crippen molar-refractivity contribution in [3.05, 3.63) is 87.4 Å². The van der Waals surface area contributed by atoms with Gasteiger partial charge in [0.05, 0.1) is 22.0 Å². The molecular weight excluding hydrogens is 544 g/mol. The molecule has 0 unspecified atom stereocenters. The maximum absolute atomic E-state index is 13.0. The van der Waals surface area contributed by atoms with Crippen LogP contribution in [0.1, 0.15) is 5.56 Å². The highest BCUT2D eigenvalue weighted by atomic mass is 35.5. The number of thioether (sulfide) groups is 1. The lowest BCUT2D eigenvalue weighted by atomic mass is 10.2. The summed E-state index contributed by atoms with van der Waals surface area (Å²) < 4.78 is 40.8. The van der Waals surface area contributed by atoms with Crippen LogP contribution in [0.15, 0.2) is 71.9 Å². The Bertz CT molecular complexity index is 1360. The number of nitrogens with zero attached hydrogens (tertiary/aromatic N) is 3. The normalized spacial score (nSPS) is 11.5. The average molecular weight is 558 g/mol. The summed E-state index contributed by atoms with van der Waals surface area (Å²) in [5.41, 5.74) is 0.394. The first kappa shape index (κ1) is 25.4. The molecule has 0 atom stereocenters. The van der Waals surface area contributed by atoms with Crippen LogP contribution in [0.5, 0.6) is 0 Å². The van der Waals surface area contributed by atoms with Crippen molar-refractivity contribution in [2.75, 3.05) is 11.1 Å². The van der Waals surface area contributed by atoms with Crippen LogP contribution in [0.25, 0.3) is 17.1 Å². The van der Waals surface area contributed by atoms with Crippen molar-refractivity contribution >= 4 is 58.2 Å². The molecule has 1 aromatic heterocycles. The zero-order valence-corrected chi connectivity index (χ0v) is 20.6. The minimum absolute atomic E-state index is 0.00861. The first-order chi connectivity index (χ1) is 16.6. The molecule has 0 spiro atoms. The van der Waals surface area contributed by atoms with E-state index in [1.54, 1.807) is 53.1 Å². The number of rotatable bonds is 6. The Morgan fingerprint density at radius 1 is 0.914 bits per heavy atom. The molecule has 0 aliphatic carbocycles. The fourth-order valence-corrected chi connectivity index (χ4v) is 4.25. The fourth-order valence-electron chi connectivity index (χ4n) is 3.09. The first-order valence-corrected chi connectivity index (χ1v) is 12.0. The van der Waals surface area contributed by atoms with Crippen molar-refractivity contribution in [1.29, 1.82) is 0 Å². The lowest BCUT2D eigenvalue weighted by molar-refractivity contribution is -0.137. The molecule has 0 saturated carbocycles. The molecule has 3 aromatic carbocycles. The predicted octanol–water partition coefficient (Wildman–Crippen LogP) is 7.64. The molecular formula is C23H14Cl3F3N4OS. The molecule has 35 heavy (non-hydrogen) atoms. The van der Waals surface area contributed by atoms with Gasteiger partial charge in [0.1, 0.15) is 0 Å². The van der Waals surface area contributed by atoms with Gasteiger partial charge in [0.2, 0.25) is 5.91 Å². The van der Waals surface area contributed by atoms with Gasteiger partial charge in [0.15, 0.2) is 11.0 Å². The fraction of sp³-hybridized carbons (Fsp3) is 0.0870. The van der Waals surface area contributed by atoms with Gasteiger partial charge in [-0.05, 0) is 66.7 Å². The van der Waals surface area contributed by atoms with Gasteiger partial charge in [-0.1, -0.05) is 46.6 Å². The summed E-state index contributed by atoms with van der Waals surface area (Å²) in [5.74, 6) is -0.207. The van der Waals surface area contributed by atoms with Gasteiger partial charge in [-0.15, -0.1) is 10.2 Å². The Balaban J connectivity index is 1.58. The van der Waals surface area contributed by atoms with Crippen LogP contribution in [0.4, 0.5) is 18.9 Å². The van der Waals surface area contributed by atoms with E-state index in [1.165, 1.54) is 0 Å². The van der Waals surface area contributed by atoms with E-state index in [-0.39, 0.29) is 16.5 Å². The minimum Gasteiger partial charge on any atom is -0.324 e. The Kier molecular flexibility index (Phi) is 7.61. The molecule has 1 N–H and O–H groups in total. The third-order valence-corrected chi connectivity index (χ3v) is 6.48. The monoisotopic (exact) mass is 556 g/mol. The van der Waals surface area contributed by atoms with Crippen molar-refractivity contribution in [1.82, 2.24) is 14.8 Å². The summed E-state index contributed by atoms with van der Waals surface area (Å²) in [6.45, 7) is 0.